The second kappa shape index (κ2) is 9.19. The van der Waals surface area contributed by atoms with Gasteiger partial charge in [0.2, 0.25) is 0 Å². The number of benzene rings is 2. The molecule has 2 aromatic rings. The van der Waals surface area contributed by atoms with Gasteiger partial charge in [-0.25, -0.2) is 0 Å². The van der Waals surface area contributed by atoms with Gasteiger partial charge in [0.05, 0.1) is 0 Å². The van der Waals surface area contributed by atoms with E-state index in [1.165, 1.54) is 31.2 Å². The molecule has 0 fully saturated rings. The highest BCUT2D eigenvalue weighted by atomic mass is 16.1. The standard InChI is InChI=1S/C21H26O/c1-2-3-4-7-16-20(18-12-8-5-9-13-18)17-21(22)19-14-10-6-11-15-19/h5-6,8-15,20H,2-4,7,16-17H2,1H3. The molecule has 0 radical (unpaired) electrons. The lowest BCUT2D eigenvalue weighted by atomic mass is 9.87. The lowest BCUT2D eigenvalue weighted by Gasteiger charge is -2.17. The molecule has 1 atom stereocenters. The monoisotopic (exact) mass is 294 g/mol. The topological polar surface area (TPSA) is 17.1 Å². The van der Waals surface area contributed by atoms with Gasteiger partial charge in [-0.2, -0.15) is 0 Å². The van der Waals surface area contributed by atoms with Gasteiger partial charge in [-0.15, -0.1) is 0 Å². The van der Waals surface area contributed by atoms with Gasteiger partial charge in [-0.3, -0.25) is 4.79 Å². The summed E-state index contributed by atoms with van der Waals surface area (Å²) in [5.74, 6) is 0.593. The fraction of sp³-hybridized carbons (Fsp3) is 0.381. The van der Waals surface area contributed by atoms with Crippen molar-refractivity contribution in [1.82, 2.24) is 0 Å². The van der Waals surface area contributed by atoms with Crippen molar-refractivity contribution in [3.63, 3.8) is 0 Å². The Balaban J connectivity index is 2.02. The van der Waals surface area contributed by atoms with Gasteiger partial charge < -0.3 is 0 Å². The van der Waals surface area contributed by atoms with Gasteiger partial charge in [0.15, 0.2) is 5.78 Å². The lowest BCUT2D eigenvalue weighted by molar-refractivity contribution is 0.0972. The molecule has 0 saturated heterocycles. The summed E-state index contributed by atoms with van der Waals surface area (Å²) in [4.78, 5) is 12.5. The number of carbonyl (C=O) groups excluding carboxylic acids is 1. The maximum absolute atomic E-state index is 12.5. The SMILES string of the molecule is CCCCCCC(CC(=O)c1ccccc1)c1ccccc1. The molecule has 1 unspecified atom stereocenters. The summed E-state index contributed by atoms with van der Waals surface area (Å²) in [5, 5.41) is 0. The molecule has 0 N–H and O–H groups in total. The number of ketones is 1. The van der Waals surface area contributed by atoms with Crippen molar-refractivity contribution in [2.45, 2.75) is 51.4 Å². The molecule has 0 aromatic heterocycles. The first-order valence-corrected chi connectivity index (χ1v) is 8.44. The summed E-state index contributed by atoms with van der Waals surface area (Å²) < 4.78 is 0. The van der Waals surface area contributed by atoms with Crippen molar-refractivity contribution in [3.05, 3.63) is 71.8 Å². The molecule has 0 aliphatic rings. The van der Waals surface area contributed by atoms with Crippen LogP contribution in [0.2, 0.25) is 0 Å². The summed E-state index contributed by atoms with van der Waals surface area (Å²) in [7, 11) is 0. The second-order valence-electron chi connectivity index (χ2n) is 5.95. The number of carbonyl (C=O) groups is 1. The molecule has 2 aromatic carbocycles. The predicted octanol–water partition coefficient (Wildman–Crippen LogP) is 6.01. The molecule has 116 valence electrons. The van der Waals surface area contributed by atoms with Crippen LogP contribution in [0, 0.1) is 0 Å². The zero-order chi connectivity index (χ0) is 15.6. The number of unbranched alkanes of at least 4 members (excludes halogenated alkanes) is 3. The molecule has 0 bridgehead atoms. The molecule has 1 nitrogen and oxygen atoms in total. The van der Waals surface area contributed by atoms with Gasteiger partial charge >= 0.3 is 0 Å². The zero-order valence-corrected chi connectivity index (χ0v) is 13.5. The Kier molecular flexibility index (Phi) is 6.89. The van der Waals surface area contributed by atoms with Crippen LogP contribution in [0.3, 0.4) is 0 Å². The molecular formula is C21H26O. The summed E-state index contributed by atoms with van der Waals surface area (Å²) in [6, 6.07) is 20.2. The minimum Gasteiger partial charge on any atom is -0.294 e. The quantitative estimate of drug-likeness (QED) is 0.408. The number of Topliss-reactive ketones (excluding diaryl/α,β-unsaturated/α-hetero) is 1. The van der Waals surface area contributed by atoms with E-state index in [9.17, 15) is 4.79 Å². The normalized spacial score (nSPS) is 12.0. The van der Waals surface area contributed by atoms with Crippen molar-refractivity contribution in [2.24, 2.45) is 0 Å². The van der Waals surface area contributed by atoms with Gasteiger partial charge in [-0.1, -0.05) is 93.3 Å². The van der Waals surface area contributed by atoms with Crippen molar-refractivity contribution in [2.75, 3.05) is 0 Å². The van der Waals surface area contributed by atoms with Crippen LogP contribution in [0.25, 0.3) is 0 Å². The van der Waals surface area contributed by atoms with Crippen LogP contribution in [0.5, 0.6) is 0 Å². The Morgan fingerprint density at radius 2 is 1.50 bits per heavy atom. The fourth-order valence-electron chi connectivity index (χ4n) is 2.89. The van der Waals surface area contributed by atoms with Gasteiger partial charge in [0, 0.05) is 12.0 Å². The molecule has 0 saturated carbocycles. The third-order valence-corrected chi connectivity index (χ3v) is 4.20. The average Bonchev–Trinajstić information content (AvgIpc) is 2.59. The van der Waals surface area contributed by atoms with Gasteiger partial charge in [0.25, 0.3) is 0 Å². The highest BCUT2D eigenvalue weighted by Crippen LogP contribution is 2.27. The molecule has 22 heavy (non-hydrogen) atoms. The first kappa shape index (κ1) is 16.5. The highest BCUT2D eigenvalue weighted by Gasteiger charge is 2.16. The third kappa shape index (κ3) is 5.14. The van der Waals surface area contributed by atoms with E-state index in [1.54, 1.807) is 0 Å². The van der Waals surface area contributed by atoms with Crippen molar-refractivity contribution < 1.29 is 4.79 Å². The lowest BCUT2D eigenvalue weighted by Crippen LogP contribution is -2.08. The zero-order valence-electron chi connectivity index (χ0n) is 13.5. The van der Waals surface area contributed by atoms with Crippen LogP contribution in [-0.4, -0.2) is 5.78 Å². The molecule has 2 rings (SSSR count). The van der Waals surface area contributed by atoms with Crippen LogP contribution < -0.4 is 0 Å². The molecule has 1 heteroatoms. The summed E-state index contributed by atoms with van der Waals surface area (Å²) in [6.07, 6.45) is 6.71. The Bertz CT molecular complexity index is 545. The van der Waals surface area contributed by atoms with E-state index in [2.05, 4.69) is 31.2 Å². The van der Waals surface area contributed by atoms with Crippen LogP contribution in [0.1, 0.15) is 67.3 Å². The molecule has 0 amide bonds. The predicted molar refractivity (Wildman–Crippen MR) is 93.3 cm³/mol. The number of hydrogen-bond donors (Lipinski definition) is 0. The van der Waals surface area contributed by atoms with E-state index in [0.717, 1.165) is 12.0 Å². The molecular weight excluding hydrogens is 268 g/mol. The van der Waals surface area contributed by atoms with Crippen molar-refractivity contribution in [1.29, 1.82) is 0 Å². The minimum absolute atomic E-state index is 0.255. The van der Waals surface area contributed by atoms with E-state index in [-0.39, 0.29) is 5.78 Å². The first-order chi connectivity index (χ1) is 10.8. The maximum atomic E-state index is 12.5. The average molecular weight is 294 g/mol. The second-order valence-corrected chi connectivity index (χ2v) is 5.95. The summed E-state index contributed by atoms with van der Waals surface area (Å²) >= 11 is 0. The van der Waals surface area contributed by atoms with Crippen molar-refractivity contribution in [3.8, 4) is 0 Å². The Morgan fingerprint density at radius 1 is 0.864 bits per heavy atom. The number of rotatable bonds is 9. The van der Waals surface area contributed by atoms with E-state index in [4.69, 9.17) is 0 Å². The van der Waals surface area contributed by atoms with Crippen LogP contribution in [0.15, 0.2) is 60.7 Å². The molecule has 0 heterocycles. The summed E-state index contributed by atoms with van der Waals surface area (Å²) in [6.45, 7) is 2.23. The smallest absolute Gasteiger partial charge is 0.163 e. The van der Waals surface area contributed by atoms with Gasteiger partial charge in [0.1, 0.15) is 0 Å². The van der Waals surface area contributed by atoms with Crippen LogP contribution >= 0.6 is 0 Å². The Morgan fingerprint density at radius 3 is 2.14 bits per heavy atom. The van der Waals surface area contributed by atoms with E-state index in [0.29, 0.717) is 12.3 Å². The molecule has 0 aliphatic heterocycles. The van der Waals surface area contributed by atoms with Crippen LogP contribution in [-0.2, 0) is 0 Å². The van der Waals surface area contributed by atoms with Crippen LogP contribution in [0.4, 0.5) is 0 Å². The van der Waals surface area contributed by atoms with E-state index >= 15 is 0 Å². The van der Waals surface area contributed by atoms with E-state index < -0.39 is 0 Å². The van der Waals surface area contributed by atoms with Crippen molar-refractivity contribution >= 4 is 5.78 Å². The maximum Gasteiger partial charge on any atom is 0.163 e. The Labute approximate surface area is 134 Å². The summed E-state index contributed by atoms with van der Waals surface area (Å²) in [5.41, 5.74) is 2.13. The fourth-order valence-corrected chi connectivity index (χ4v) is 2.89. The molecule has 0 aliphatic carbocycles. The first-order valence-electron chi connectivity index (χ1n) is 8.44. The third-order valence-electron chi connectivity index (χ3n) is 4.20. The largest absolute Gasteiger partial charge is 0.294 e. The van der Waals surface area contributed by atoms with E-state index in [1.807, 2.05) is 36.4 Å². The number of hydrogen-bond acceptors (Lipinski definition) is 1. The highest BCUT2D eigenvalue weighted by molar-refractivity contribution is 5.96. The Hall–Kier alpha value is -1.89. The molecule has 0 spiro atoms. The van der Waals surface area contributed by atoms with Gasteiger partial charge in [-0.05, 0) is 17.9 Å². The minimum atomic E-state index is 0.255.